The van der Waals surface area contributed by atoms with Crippen LogP contribution < -0.4 is 4.74 Å². The molecular formula is C10H16BrN3O. The number of hydrogen-bond acceptors (Lipinski definition) is 4. The third-order valence-corrected chi connectivity index (χ3v) is 2.59. The van der Waals surface area contributed by atoms with Crippen molar-refractivity contribution < 1.29 is 4.74 Å². The fraction of sp³-hybridized carbons (Fsp3) is 0.600. The molecule has 0 radical (unpaired) electrons. The standard InChI is InChI=1S/C10H16BrN3O/c1-3-14(4-2)5-6-15-10-7-9(11)12-8-13-10/h7-8H,3-6H2,1-2H3. The van der Waals surface area contributed by atoms with E-state index in [1.807, 2.05) is 0 Å². The van der Waals surface area contributed by atoms with Gasteiger partial charge in [-0.2, -0.15) is 0 Å². The Bertz CT molecular complexity index is 292. The molecule has 0 atom stereocenters. The average molecular weight is 274 g/mol. The van der Waals surface area contributed by atoms with E-state index in [-0.39, 0.29) is 0 Å². The lowest BCUT2D eigenvalue weighted by atomic mass is 10.5. The number of aromatic nitrogens is 2. The Labute approximate surface area is 98.8 Å². The summed E-state index contributed by atoms with van der Waals surface area (Å²) in [5, 5.41) is 0. The minimum Gasteiger partial charge on any atom is -0.476 e. The van der Waals surface area contributed by atoms with Crippen LogP contribution in [0.4, 0.5) is 0 Å². The van der Waals surface area contributed by atoms with Gasteiger partial charge in [-0.25, -0.2) is 9.97 Å². The van der Waals surface area contributed by atoms with Crippen molar-refractivity contribution in [2.45, 2.75) is 13.8 Å². The smallest absolute Gasteiger partial charge is 0.217 e. The maximum Gasteiger partial charge on any atom is 0.217 e. The zero-order valence-electron chi connectivity index (χ0n) is 9.11. The Balaban J connectivity index is 2.31. The van der Waals surface area contributed by atoms with Gasteiger partial charge in [0.1, 0.15) is 17.5 Å². The summed E-state index contributed by atoms with van der Waals surface area (Å²) in [5.41, 5.74) is 0. The van der Waals surface area contributed by atoms with E-state index in [0.29, 0.717) is 12.5 Å². The van der Waals surface area contributed by atoms with Crippen LogP contribution >= 0.6 is 15.9 Å². The molecule has 1 aromatic heterocycles. The van der Waals surface area contributed by atoms with E-state index in [2.05, 4.69) is 44.6 Å². The van der Waals surface area contributed by atoms with Crippen molar-refractivity contribution in [1.29, 1.82) is 0 Å². The van der Waals surface area contributed by atoms with Gasteiger partial charge in [-0.05, 0) is 29.0 Å². The summed E-state index contributed by atoms with van der Waals surface area (Å²) in [5.74, 6) is 0.615. The highest BCUT2D eigenvalue weighted by molar-refractivity contribution is 9.10. The molecule has 0 saturated carbocycles. The Hall–Kier alpha value is -0.680. The lowest BCUT2D eigenvalue weighted by Crippen LogP contribution is -2.28. The molecule has 0 N–H and O–H groups in total. The Kier molecular flexibility index (Phi) is 5.57. The van der Waals surface area contributed by atoms with Gasteiger partial charge in [-0.1, -0.05) is 13.8 Å². The third-order valence-electron chi connectivity index (χ3n) is 2.16. The van der Waals surface area contributed by atoms with Crippen molar-refractivity contribution >= 4 is 15.9 Å². The second kappa shape index (κ2) is 6.74. The van der Waals surface area contributed by atoms with Crippen molar-refractivity contribution in [2.75, 3.05) is 26.2 Å². The van der Waals surface area contributed by atoms with Crippen molar-refractivity contribution in [3.05, 3.63) is 17.0 Å². The monoisotopic (exact) mass is 273 g/mol. The van der Waals surface area contributed by atoms with Crippen LogP contribution in [-0.2, 0) is 0 Å². The Morgan fingerprint density at radius 2 is 2.07 bits per heavy atom. The highest BCUT2D eigenvalue weighted by Crippen LogP contribution is 2.11. The van der Waals surface area contributed by atoms with Crippen molar-refractivity contribution in [2.24, 2.45) is 0 Å². The van der Waals surface area contributed by atoms with E-state index in [1.165, 1.54) is 6.33 Å². The van der Waals surface area contributed by atoms with E-state index in [9.17, 15) is 0 Å². The first-order valence-corrected chi connectivity index (χ1v) is 5.88. The first-order valence-electron chi connectivity index (χ1n) is 5.09. The van der Waals surface area contributed by atoms with Gasteiger partial charge in [0.25, 0.3) is 0 Å². The molecule has 0 aliphatic carbocycles. The zero-order chi connectivity index (χ0) is 11.1. The van der Waals surface area contributed by atoms with Crippen LogP contribution in [0, 0.1) is 0 Å². The van der Waals surface area contributed by atoms with E-state index < -0.39 is 0 Å². The minimum atomic E-state index is 0.615. The topological polar surface area (TPSA) is 38.2 Å². The van der Waals surface area contributed by atoms with Gasteiger partial charge >= 0.3 is 0 Å². The van der Waals surface area contributed by atoms with Crippen LogP contribution in [0.25, 0.3) is 0 Å². The number of rotatable bonds is 6. The van der Waals surface area contributed by atoms with Crippen LogP contribution in [0.15, 0.2) is 17.0 Å². The zero-order valence-corrected chi connectivity index (χ0v) is 10.7. The number of hydrogen-bond donors (Lipinski definition) is 0. The van der Waals surface area contributed by atoms with Gasteiger partial charge in [0.15, 0.2) is 0 Å². The molecule has 0 saturated heterocycles. The molecule has 4 nitrogen and oxygen atoms in total. The summed E-state index contributed by atoms with van der Waals surface area (Å²) in [7, 11) is 0. The molecule has 0 spiro atoms. The fourth-order valence-corrected chi connectivity index (χ4v) is 1.50. The van der Waals surface area contributed by atoms with Gasteiger partial charge in [0.2, 0.25) is 5.88 Å². The largest absolute Gasteiger partial charge is 0.476 e. The first-order chi connectivity index (χ1) is 7.26. The summed E-state index contributed by atoms with van der Waals surface area (Å²) in [6, 6.07) is 1.77. The Morgan fingerprint density at radius 1 is 1.33 bits per heavy atom. The predicted octanol–water partition coefficient (Wildman–Crippen LogP) is 1.96. The van der Waals surface area contributed by atoms with Crippen LogP contribution in [0.5, 0.6) is 5.88 Å². The van der Waals surface area contributed by atoms with Gasteiger partial charge < -0.3 is 9.64 Å². The van der Waals surface area contributed by atoms with Gasteiger partial charge in [-0.3, -0.25) is 0 Å². The molecule has 84 valence electrons. The molecule has 1 aromatic rings. The van der Waals surface area contributed by atoms with E-state index in [1.54, 1.807) is 6.07 Å². The summed E-state index contributed by atoms with van der Waals surface area (Å²) >= 11 is 3.27. The number of ether oxygens (including phenoxy) is 1. The summed E-state index contributed by atoms with van der Waals surface area (Å²) < 4.78 is 6.24. The van der Waals surface area contributed by atoms with Crippen LogP contribution in [0.2, 0.25) is 0 Å². The Morgan fingerprint density at radius 3 is 2.67 bits per heavy atom. The van der Waals surface area contributed by atoms with E-state index in [0.717, 1.165) is 24.2 Å². The number of halogens is 1. The van der Waals surface area contributed by atoms with Crippen molar-refractivity contribution in [3.8, 4) is 5.88 Å². The highest BCUT2D eigenvalue weighted by Gasteiger charge is 2.00. The van der Waals surface area contributed by atoms with Crippen molar-refractivity contribution in [3.63, 3.8) is 0 Å². The average Bonchev–Trinajstić information content (AvgIpc) is 2.25. The molecule has 0 bridgehead atoms. The van der Waals surface area contributed by atoms with Crippen molar-refractivity contribution in [1.82, 2.24) is 14.9 Å². The van der Waals surface area contributed by atoms with Crippen LogP contribution in [0.3, 0.4) is 0 Å². The molecule has 5 heteroatoms. The van der Waals surface area contributed by atoms with Crippen LogP contribution in [0.1, 0.15) is 13.8 Å². The molecule has 1 rings (SSSR count). The van der Waals surface area contributed by atoms with Gasteiger partial charge in [0, 0.05) is 12.6 Å². The molecule has 0 aliphatic heterocycles. The molecule has 0 aliphatic rings. The molecule has 0 fully saturated rings. The highest BCUT2D eigenvalue weighted by atomic mass is 79.9. The summed E-state index contributed by atoms with van der Waals surface area (Å²) in [4.78, 5) is 10.2. The molecule has 0 unspecified atom stereocenters. The minimum absolute atomic E-state index is 0.615. The quantitative estimate of drug-likeness (QED) is 0.743. The number of nitrogens with zero attached hydrogens (tertiary/aromatic N) is 3. The maximum atomic E-state index is 5.50. The predicted molar refractivity (Wildman–Crippen MR) is 63.0 cm³/mol. The number of likely N-dealkylation sites (N-methyl/N-ethyl adjacent to an activating group) is 1. The molecular weight excluding hydrogens is 258 g/mol. The van der Waals surface area contributed by atoms with Crippen LogP contribution in [-0.4, -0.2) is 41.1 Å². The second-order valence-electron chi connectivity index (χ2n) is 3.05. The normalized spacial score (nSPS) is 10.7. The molecule has 15 heavy (non-hydrogen) atoms. The molecule has 0 amide bonds. The lowest BCUT2D eigenvalue weighted by molar-refractivity contribution is 0.217. The molecule has 0 aromatic carbocycles. The van der Waals surface area contributed by atoms with Gasteiger partial charge in [0.05, 0.1) is 0 Å². The second-order valence-corrected chi connectivity index (χ2v) is 3.87. The summed E-state index contributed by atoms with van der Waals surface area (Å²) in [6.07, 6.45) is 1.48. The van der Waals surface area contributed by atoms with E-state index in [4.69, 9.17) is 4.74 Å². The first kappa shape index (κ1) is 12.4. The third kappa shape index (κ3) is 4.57. The fourth-order valence-electron chi connectivity index (χ4n) is 1.22. The maximum absolute atomic E-state index is 5.50. The lowest BCUT2D eigenvalue weighted by Gasteiger charge is -2.17. The summed E-state index contributed by atoms with van der Waals surface area (Å²) in [6.45, 7) is 7.97. The SMILES string of the molecule is CCN(CC)CCOc1cc(Br)ncn1. The van der Waals surface area contributed by atoms with Gasteiger partial charge in [-0.15, -0.1) is 0 Å². The molecule has 1 heterocycles. The van der Waals surface area contributed by atoms with E-state index >= 15 is 0 Å².